The third kappa shape index (κ3) is 4.22. The summed E-state index contributed by atoms with van der Waals surface area (Å²) in [7, 11) is 2.96. The average Bonchev–Trinajstić information content (AvgIpc) is 2.75. The van der Waals surface area contributed by atoms with Crippen LogP contribution in [0, 0.1) is 11.3 Å². The molecule has 146 valence electrons. The van der Waals surface area contributed by atoms with E-state index in [-0.39, 0.29) is 17.9 Å². The van der Waals surface area contributed by atoms with Crippen LogP contribution in [0.15, 0.2) is 52.4 Å². The van der Waals surface area contributed by atoms with Gasteiger partial charge in [-0.3, -0.25) is 9.59 Å². The highest BCUT2D eigenvalue weighted by Crippen LogP contribution is 2.27. The maximum absolute atomic E-state index is 12.5. The number of methoxy groups -OCH3 is 1. The molecular weight excluding hydrogens is 374 g/mol. The summed E-state index contributed by atoms with van der Waals surface area (Å²) in [6.45, 7) is -0.0968. The second-order valence-electron chi connectivity index (χ2n) is 5.88. The van der Waals surface area contributed by atoms with Crippen LogP contribution in [-0.4, -0.2) is 35.6 Å². The van der Waals surface area contributed by atoms with Crippen LogP contribution in [0.4, 0.5) is 0 Å². The van der Waals surface area contributed by atoms with E-state index in [1.807, 2.05) is 6.07 Å². The number of carbonyl (C=O) groups excluding carboxylic acids is 1. The molecule has 0 atom stereocenters. The van der Waals surface area contributed by atoms with Gasteiger partial charge in [-0.1, -0.05) is 18.2 Å². The Labute approximate surface area is 165 Å². The molecule has 9 heteroatoms. The van der Waals surface area contributed by atoms with Gasteiger partial charge in [-0.05, 0) is 29.8 Å². The van der Waals surface area contributed by atoms with Crippen LogP contribution in [0.25, 0.3) is 10.8 Å². The average molecular weight is 391 g/mol. The molecular formula is C20H17N5O4. The van der Waals surface area contributed by atoms with E-state index < -0.39 is 5.91 Å². The molecule has 0 fully saturated rings. The van der Waals surface area contributed by atoms with Crippen molar-refractivity contribution in [1.29, 1.82) is 5.26 Å². The minimum atomic E-state index is -0.547. The molecule has 3 rings (SSSR count). The van der Waals surface area contributed by atoms with Crippen molar-refractivity contribution in [2.45, 2.75) is 0 Å². The second kappa shape index (κ2) is 8.67. The van der Waals surface area contributed by atoms with Crippen LogP contribution in [0.1, 0.15) is 16.1 Å². The number of nitrogens with one attached hydrogen (secondary N) is 1. The highest BCUT2D eigenvalue weighted by molar-refractivity contribution is 6.04. The Kier molecular flexibility index (Phi) is 5.85. The van der Waals surface area contributed by atoms with Crippen LogP contribution in [-0.2, 0) is 7.05 Å². The van der Waals surface area contributed by atoms with Crippen molar-refractivity contribution in [2.75, 3.05) is 13.7 Å². The molecule has 0 spiro atoms. The lowest BCUT2D eigenvalue weighted by Crippen LogP contribution is -2.27. The third-order valence-corrected chi connectivity index (χ3v) is 4.03. The zero-order valence-corrected chi connectivity index (χ0v) is 15.7. The molecule has 1 aromatic heterocycles. The molecule has 1 heterocycles. The maximum Gasteiger partial charge on any atom is 0.292 e. The van der Waals surface area contributed by atoms with Crippen molar-refractivity contribution in [3.63, 3.8) is 0 Å². The fraction of sp³-hybridized carbons (Fsp3) is 0.150. The topological polar surface area (TPSA) is 119 Å². The second-order valence-corrected chi connectivity index (χ2v) is 5.88. The molecule has 0 saturated heterocycles. The van der Waals surface area contributed by atoms with Crippen molar-refractivity contribution in [3.05, 3.63) is 64.1 Å². The summed E-state index contributed by atoms with van der Waals surface area (Å²) in [5, 5.41) is 17.4. The Hall–Kier alpha value is -4.19. The smallest absolute Gasteiger partial charge is 0.292 e. The molecule has 0 saturated carbocycles. The third-order valence-electron chi connectivity index (χ3n) is 4.03. The standard InChI is InChI=1S/C20H17N5O4/c1-25-20(27)15-6-4-3-5-14(15)18(24-25)19(26)23-22-12-13-7-8-16(29-10-9-21)17(11-13)28-2/h3-8,11-12H,10H2,1-2H3,(H,23,26)/b22-12-. The maximum atomic E-state index is 12.5. The van der Waals surface area contributed by atoms with Crippen LogP contribution in [0.5, 0.6) is 11.5 Å². The molecule has 2 aromatic carbocycles. The van der Waals surface area contributed by atoms with Crippen LogP contribution in [0.2, 0.25) is 0 Å². The predicted molar refractivity (Wildman–Crippen MR) is 106 cm³/mol. The van der Waals surface area contributed by atoms with Gasteiger partial charge in [0.2, 0.25) is 0 Å². The normalized spacial score (nSPS) is 10.7. The Balaban J connectivity index is 1.80. The number of aromatic nitrogens is 2. The van der Waals surface area contributed by atoms with Gasteiger partial charge in [0, 0.05) is 12.4 Å². The van der Waals surface area contributed by atoms with Gasteiger partial charge in [-0.15, -0.1) is 0 Å². The fourth-order valence-corrected chi connectivity index (χ4v) is 2.68. The number of benzene rings is 2. The number of fused-ring (bicyclic) bond motifs is 1. The van der Waals surface area contributed by atoms with Gasteiger partial charge in [-0.2, -0.15) is 15.5 Å². The number of aryl methyl sites for hydroxylation is 1. The van der Waals surface area contributed by atoms with E-state index in [4.69, 9.17) is 14.7 Å². The Morgan fingerprint density at radius 3 is 2.76 bits per heavy atom. The first-order valence-corrected chi connectivity index (χ1v) is 8.52. The molecule has 0 radical (unpaired) electrons. The molecule has 0 unspecified atom stereocenters. The highest BCUT2D eigenvalue weighted by atomic mass is 16.5. The number of hydrazone groups is 1. The van der Waals surface area contributed by atoms with Crippen LogP contribution < -0.4 is 20.5 Å². The molecule has 0 aliphatic rings. The predicted octanol–water partition coefficient (Wildman–Crippen LogP) is 1.61. The van der Waals surface area contributed by atoms with Gasteiger partial charge in [0.05, 0.1) is 18.7 Å². The summed E-state index contributed by atoms with van der Waals surface area (Å²) in [4.78, 5) is 24.7. The van der Waals surface area contributed by atoms with E-state index in [0.29, 0.717) is 27.8 Å². The SMILES string of the molecule is COc1cc(/C=N\NC(=O)c2nn(C)c(=O)c3ccccc23)ccc1OCC#N. The molecule has 0 bridgehead atoms. The van der Waals surface area contributed by atoms with Gasteiger partial charge in [0.25, 0.3) is 11.5 Å². The molecule has 0 aliphatic heterocycles. The summed E-state index contributed by atoms with van der Waals surface area (Å²) < 4.78 is 11.6. The van der Waals surface area contributed by atoms with Crippen molar-refractivity contribution < 1.29 is 14.3 Å². The van der Waals surface area contributed by atoms with Crippen LogP contribution >= 0.6 is 0 Å². The molecule has 3 aromatic rings. The van der Waals surface area contributed by atoms with Crippen LogP contribution in [0.3, 0.4) is 0 Å². The number of nitriles is 1. The van der Waals surface area contributed by atoms with Crippen molar-refractivity contribution in [3.8, 4) is 17.6 Å². The number of hydrogen-bond donors (Lipinski definition) is 1. The minimum absolute atomic E-state index is 0.0951. The number of rotatable bonds is 6. The number of carbonyl (C=O) groups is 1. The Morgan fingerprint density at radius 2 is 2.03 bits per heavy atom. The zero-order valence-electron chi connectivity index (χ0n) is 15.7. The van der Waals surface area contributed by atoms with Crippen molar-refractivity contribution >= 4 is 22.9 Å². The number of ether oxygens (including phenoxy) is 2. The van der Waals surface area contributed by atoms with Crippen molar-refractivity contribution in [2.24, 2.45) is 12.1 Å². The van der Waals surface area contributed by atoms with E-state index in [9.17, 15) is 9.59 Å². The van der Waals surface area contributed by atoms with E-state index in [1.165, 1.54) is 20.4 Å². The number of hydrogen-bond acceptors (Lipinski definition) is 7. The number of amides is 1. The van der Waals surface area contributed by atoms with Gasteiger partial charge in [-0.25, -0.2) is 10.1 Å². The van der Waals surface area contributed by atoms with Crippen molar-refractivity contribution in [1.82, 2.24) is 15.2 Å². The molecule has 29 heavy (non-hydrogen) atoms. The van der Waals surface area contributed by atoms with Gasteiger partial charge in [0.1, 0.15) is 6.07 Å². The van der Waals surface area contributed by atoms with Gasteiger partial charge in [0.15, 0.2) is 23.8 Å². The first-order chi connectivity index (χ1) is 14.0. The highest BCUT2D eigenvalue weighted by Gasteiger charge is 2.15. The summed E-state index contributed by atoms with van der Waals surface area (Å²) in [5.41, 5.74) is 2.86. The molecule has 9 nitrogen and oxygen atoms in total. The van der Waals surface area contributed by atoms with E-state index in [1.54, 1.807) is 42.5 Å². The van der Waals surface area contributed by atoms with E-state index in [2.05, 4.69) is 15.6 Å². The lowest BCUT2D eigenvalue weighted by molar-refractivity contribution is 0.0950. The summed E-state index contributed by atoms with van der Waals surface area (Å²) in [6, 6.07) is 13.6. The largest absolute Gasteiger partial charge is 0.493 e. The summed E-state index contributed by atoms with van der Waals surface area (Å²) >= 11 is 0. The lowest BCUT2D eigenvalue weighted by Gasteiger charge is -2.08. The van der Waals surface area contributed by atoms with Gasteiger partial charge < -0.3 is 9.47 Å². The fourth-order valence-electron chi connectivity index (χ4n) is 2.68. The number of nitrogens with zero attached hydrogens (tertiary/aromatic N) is 4. The van der Waals surface area contributed by atoms with Gasteiger partial charge >= 0.3 is 0 Å². The Bertz CT molecular complexity index is 1190. The first kappa shape index (κ1) is 19.6. The van der Waals surface area contributed by atoms with E-state index in [0.717, 1.165) is 4.68 Å². The molecule has 0 aliphatic carbocycles. The van der Waals surface area contributed by atoms with E-state index >= 15 is 0 Å². The summed E-state index contributed by atoms with van der Waals surface area (Å²) in [5.74, 6) is 0.311. The monoisotopic (exact) mass is 391 g/mol. The zero-order chi connectivity index (χ0) is 20.8. The summed E-state index contributed by atoms with van der Waals surface area (Å²) in [6.07, 6.45) is 1.43. The minimum Gasteiger partial charge on any atom is -0.493 e. The molecule has 1 amide bonds. The lowest BCUT2D eigenvalue weighted by atomic mass is 10.1. The Morgan fingerprint density at radius 1 is 1.28 bits per heavy atom. The first-order valence-electron chi connectivity index (χ1n) is 8.52. The molecule has 1 N–H and O–H groups in total. The quantitative estimate of drug-likeness (QED) is 0.504.